The van der Waals surface area contributed by atoms with Crippen LogP contribution >= 0.6 is 11.8 Å². The van der Waals surface area contributed by atoms with Gasteiger partial charge < -0.3 is 10.5 Å². The van der Waals surface area contributed by atoms with Gasteiger partial charge in [0.2, 0.25) is 0 Å². The summed E-state index contributed by atoms with van der Waals surface area (Å²) in [6.45, 7) is 5.89. The first-order valence-electron chi connectivity index (χ1n) is 5.81. The molecule has 0 spiro atoms. The van der Waals surface area contributed by atoms with Crippen molar-refractivity contribution in [2.75, 3.05) is 24.7 Å². The van der Waals surface area contributed by atoms with Crippen LogP contribution in [-0.2, 0) is 4.74 Å². The molecule has 0 radical (unpaired) electrons. The Morgan fingerprint density at radius 3 is 2.88 bits per heavy atom. The van der Waals surface area contributed by atoms with Crippen molar-refractivity contribution in [1.29, 1.82) is 0 Å². The second kappa shape index (κ2) is 7.58. The molecule has 0 heterocycles. The highest BCUT2D eigenvalue weighted by Gasteiger charge is 2.01. The highest BCUT2D eigenvalue weighted by Crippen LogP contribution is 2.26. The normalized spacial score (nSPS) is 10.6. The molecule has 0 fully saturated rings. The van der Waals surface area contributed by atoms with E-state index in [2.05, 4.69) is 13.0 Å². The van der Waals surface area contributed by atoms with Crippen LogP contribution < -0.4 is 5.73 Å². The Morgan fingerprint density at radius 2 is 2.12 bits per heavy atom. The molecule has 2 nitrogen and oxygen atoms in total. The molecule has 16 heavy (non-hydrogen) atoms. The molecule has 1 rings (SSSR count). The largest absolute Gasteiger partial charge is 0.398 e. The topological polar surface area (TPSA) is 35.2 Å². The van der Waals surface area contributed by atoms with E-state index in [4.69, 9.17) is 10.5 Å². The van der Waals surface area contributed by atoms with Crippen molar-refractivity contribution in [1.82, 2.24) is 0 Å². The van der Waals surface area contributed by atoms with E-state index >= 15 is 0 Å². The molecular formula is C13H21NOS. The van der Waals surface area contributed by atoms with E-state index in [0.717, 1.165) is 36.6 Å². The molecule has 0 aliphatic rings. The smallest absolute Gasteiger partial charge is 0.0560 e. The summed E-state index contributed by atoms with van der Waals surface area (Å²) >= 11 is 1.77. The zero-order valence-electron chi connectivity index (χ0n) is 10.2. The molecular weight excluding hydrogens is 218 g/mol. The van der Waals surface area contributed by atoms with Gasteiger partial charge in [0.25, 0.3) is 0 Å². The molecule has 3 heteroatoms. The number of nitrogen functional groups attached to an aromatic ring is 1. The van der Waals surface area contributed by atoms with Gasteiger partial charge in [-0.1, -0.05) is 25.5 Å². The molecule has 1 aromatic carbocycles. The maximum absolute atomic E-state index is 5.98. The van der Waals surface area contributed by atoms with E-state index in [1.807, 2.05) is 19.1 Å². The lowest BCUT2D eigenvalue weighted by molar-refractivity contribution is 0.147. The average molecular weight is 239 g/mol. The molecule has 0 saturated carbocycles. The number of rotatable bonds is 7. The fourth-order valence-electron chi connectivity index (χ4n) is 1.34. The SMILES string of the molecule is CCCCOCCSc1cccc(C)c1N. The van der Waals surface area contributed by atoms with Gasteiger partial charge in [0, 0.05) is 22.9 Å². The number of benzene rings is 1. The number of ether oxygens (including phenoxy) is 1. The van der Waals surface area contributed by atoms with Gasteiger partial charge in [-0.25, -0.2) is 0 Å². The van der Waals surface area contributed by atoms with Crippen LogP contribution in [-0.4, -0.2) is 19.0 Å². The lowest BCUT2D eigenvalue weighted by Crippen LogP contribution is -2.00. The molecule has 0 amide bonds. The summed E-state index contributed by atoms with van der Waals surface area (Å²) in [6, 6.07) is 6.15. The molecule has 0 aromatic heterocycles. The average Bonchev–Trinajstić information content (AvgIpc) is 2.29. The van der Waals surface area contributed by atoms with Crippen molar-refractivity contribution < 1.29 is 4.74 Å². The molecule has 2 N–H and O–H groups in total. The van der Waals surface area contributed by atoms with Crippen LogP contribution in [0, 0.1) is 6.92 Å². The lowest BCUT2D eigenvalue weighted by Gasteiger charge is -2.08. The molecule has 0 saturated heterocycles. The van der Waals surface area contributed by atoms with E-state index in [-0.39, 0.29) is 0 Å². The Balaban J connectivity index is 2.24. The van der Waals surface area contributed by atoms with Gasteiger partial charge in [-0.05, 0) is 25.0 Å². The van der Waals surface area contributed by atoms with Crippen molar-refractivity contribution >= 4 is 17.4 Å². The fourth-order valence-corrected chi connectivity index (χ4v) is 2.25. The van der Waals surface area contributed by atoms with Crippen LogP contribution in [0.15, 0.2) is 23.1 Å². The summed E-state index contributed by atoms with van der Waals surface area (Å²) in [5.74, 6) is 0.970. The Hall–Kier alpha value is -0.670. The maximum atomic E-state index is 5.98. The summed E-state index contributed by atoms with van der Waals surface area (Å²) in [5.41, 5.74) is 8.04. The molecule has 1 aromatic rings. The van der Waals surface area contributed by atoms with Crippen molar-refractivity contribution in [3.8, 4) is 0 Å². The Morgan fingerprint density at radius 1 is 1.31 bits per heavy atom. The van der Waals surface area contributed by atoms with E-state index in [9.17, 15) is 0 Å². The minimum atomic E-state index is 0.804. The van der Waals surface area contributed by atoms with E-state index in [0.29, 0.717) is 0 Å². The first kappa shape index (κ1) is 13.4. The summed E-state index contributed by atoms with van der Waals surface area (Å²) in [6.07, 6.45) is 2.34. The molecule has 0 aliphatic carbocycles. The van der Waals surface area contributed by atoms with Crippen LogP contribution in [0.3, 0.4) is 0 Å². The highest BCUT2D eigenvalue weighted by atomic mass is 32.2. The van der Waals surface area contributed by atoms with Gasteiger partial charge in [0.05, 0.1) is 6.61 Å². The summed E-state index contributed by atoms with van der Waals surface area (Å²) in [4.78, 5) is 1.17. The number of nitrogens with two attached hydrogens (primary N) is 1. The number of hydrogen-bond donors (Lipinski definition) is 1. The predicted octanol–water partition coefficient (Wildman–Crippen LogP) is 3.49. The van der Waals surface area contributed by atoms with E-state index in [1.165, 1.54) is 11.3 Å². The number of unbranched alkanes of at least 4 members (excludes halogenated alkanes) is 1. The fraction of sp³-hybridized carbons (Fsp3) is 0.538. The Bertz CT molecular complexity index is 315. The second-order valence-corrected chi connectivity index (χ2v) is 4.94. The van der Waals surface area contributed by atoms with Crippen molar-refractivity contribution in [3.05, 3.63) is 23.8 Å². The van der Waals surface area contributed by atoms with Crippen LogP contribution in [0.4, 0.5) is 5.69 Å². The van der Waals surface area contributed by atoms with Gasteiger partial charge >= 0.3 is 0 Å². The van der Waals surface area contributed by atoms with Gasteiger partial charge in [0.15, 0.2) is 0 Å². The van der Waals surface area contributed by atoms with Gasteiger partial charge in [-0.2, -0.15) is 0 Å². The molecule has 0 aliphatic heterocycles. The summed E-state index contributed by atoms with van der Waals surface area (Å²) in [7, 11) is 0. The van der Waals surface area contributed by atoms with E-state index < -0.39 is 0 Å². The molecule has 0 atom stereocenters. The number of para-hydroxylation sites is 1. The maximum Gasteiger partial charge on any atom is 0.0560 e. The lowest BCUT2D eigenvalue weighted by atomic mass is 10.2. The zero-order chi connectivity index (χ0) is 11.8. The minimum absolute atomic E-state index is 0.804. The van der Waals surface area contributed by atoms with Crippen LogP contribution in [0.2, 0.25) is 0 Å². The van der Waals surface area contributed by atoms with Gasteiger partial charge in [0.1, 0.15) is 0 Å². The number of thioether (sulfide) groups is 1. The molecule has 90 valence electrons. The number of aryl methyl sites for hydroxylation is 1. The first-order chi connectivity index (χ1) is 7.75. The Labute approximate surface area is 103 Å². The first-order valence-corrected chi connectivity index (χ1v) is 6.80. The van der Waals surface area contributed by atoms with Crippen LogP contribution in [0.5, 0.6) is 0 Å². The molecule has 0 unspecified atom stereocenters. The third-order valence-corrected chi connectivity index (χ3v) is 3.45. The number of hydrogen-bond acceptors (Lipinski definition) is 3. The third kappa shape index (κ3) is 4.45. The van der Waals surface area contributed by atoms with Crippen LogP contribution in [0.1, 0.15) is 25.3 Å². The highest BCUT2D eigenvalue weighted by molar-refractivity contribution is 7.99. The van der Waals surface area contributed by atoms with Crippen molar-refractivity contribution in [2.24, 2.45) is 0 Å². The third-order valence-electron chi connectivity index (χ3n) is 2.41. The number of anilines is 1. The van der Waals surface area contributed by atoms with Crippen LogP contribution in [0.25, 0.3) is 0 Å². The van der Waals surface area contributed by atoms with E-state index in [1.54, 1.807) is 11.8 Å². The summed E-state index contributed by atoms with van der Waals surface area (Å²) in [5, 5.41) is 0. The van der Waals surface area contributed by atoms with Crippen molar-refractivity contribution in [2.45, 2.75) is 31.6 Å². The quantitative estimate of drug-likeness (QED) is 0.449. The predicted molar refractivity (Wildman–Crippen MR) is 72.0 cm³/mol. The molecule has 0 bridgehead atoms. The van der Waals surface area contributed by atoms with Gasteiger partial charge in [-0.3, -0.25) is 0 Å². The standard InChI is InChI=1S/C13H21NOS/c1-3-4-8-15-9-10-16-12-7-5-6-11(2)13(12)14/h5-7H,3-4,8-10,14H2,1-2H3. The monoisotopic (exact) mass is 239 g/mol. The second-order valence-electron chi connectivity index (χ2n) is 3.80. The summed E-state index contributed by atoms with van der Waals surface area (Å²) < 4.78 is 5.50. The van der Waals surface area contributed by atoms with Crippen molar-refractivity contribution in [3.63, 3.8) is 0 Å². The Kier molecular flexibility index (Phi) is 6.34. The minimum Gasteiger partial charge on any atom is -0.398 e. The zero-order valence-corrected chi connectivity index (χ0v) is 11.0. The van der Waals surface area contributed by atoms with Gasteiger partial charge in [-0.15, -0.1) is 11.8 Å².